The van der Waals surface area contributed by atoms with Gasteiger partial charge in [-0.15, -0.1) is 0 Å². The molecule has 0 bridgehead atoms. The molecule has 0 saturated carbocycles. The fraction of sp³-hybridized carbons (Fsp3) is 0.281. The lowest BCUT2D eigenvalue weighted by atomic mass is 10.1. The Morgan fingerprint density at radius 2 is 1.57 bits per heavy atom. The quantitative estimate of drug-likeness (QED) is 0.200. The first kappa shape index (κ1) is 28.4. The molecule has 0 spiro atoms. The summed E-state index contributed by atoms with van der Waals surface area (Å²) in [6.45, 7) is 12.6. The summed E-state index contributed by atoms with van der Waals surface area (Å²) in [5.74, 6) is -0.329. The van der Waals surface area contributed by atoms with Gasteiger partial charge in [-0.25, -0.2) is 4.79 Å². The molecule has 2 amide bonds. The monoisotopic (exact) mass is 541 g/mol. The van der Waals surface area contributed by atoms with Gasteiger partial charge in [0, 0.05) is 49.3 Å². The van der Waals surface area contributed by atoms with Crippen molar-refractivity contribution in [2.24, 2.45) is 0 Å². The van der Waals surface area contributed by atoms with E-state index in [9.17, 15) is 14.4 Å². The number of aryl methyl sites for hydroxylation is 2. The molecule has 3 aromatic carbocycles. The number of carbonyl (C=O) groups excluding carboxylic acids is 3. The van der Waals surface area contributed by atoms with Crippen LogP contribution in [0.2, 0.25) is 0 Å². The van der Waals surface area contributed by atoms with Gasteiger partial charge in [0.1, 0.15) is 5.75 Å². The van der Waals surface area contributed by atoms with Crippen molar-refractivity contribution in [1.82, 2.24) is 9.47 Å². The van der Waals surface area contributed by atoms with Gasteiger partial charge >= 0.3 is 12.1 Å². The normalized spacial score (nSPS) is 10.8. The highest BCUT2D eigenvalue weighted by Gasteiger charge is 2.21. The molecule has 8 nitrogen and oxygen atoms in total. The van der Waals surface area contributed by atoms with Crippen molar-refractivity contribution >= 4 is 34.6 Å². The largest absolute Gasteiger partial charge is 0.426 e. The number of rotatable bonds is 8. The molecule has 208 valence electrons. The van der Waals surface area contributed by atoms with Crippen molar-refractivity contribution in [3.05, 3.63) is 88.6 Å². The number of hydrogen-bond acceptors (Lipinski definition) is 5. The molecular formula is C32H35N3O5. The second kappa shape index (κ2) is 12.1. The number of ether oxygens (including phenoxy) is 2. The minimum Gasteiger partial charge on any atom is -0.426 e. The van der Waals surface area contributed by atoms with Crippen LogP contribution in [0, 0.1) is 20.8 Å². The van der Waals surface area contributed by atoms with Gasteiger partial charge in [0.15, 0.2) is 5.75 Å². The SMILES string of the molecule is CCN(CC)C(=O)Oc1ccc2c(ccn2Cc2cc(C)cc(C)c2)c1NC(=O)c1cccc(OC(C)=O)c1C. The molecule has 0 saturated heterocycles. The van der Waals surface area contributed by atoms with E-state index in [1.54, 1.807) is 36.1 Å². The number of amides is 2. The van der Waals surface area contributed by atoms with E-state index >= 15 is 0 Å². The first-order valence-electron chi connectivity index (χ1n) is 13.4. The Balaban J connectivity index is 1.76. The smallest absolute Gasteiger partial charge is 0.415 e. The van der Waals surface area contributed by atoms with E-state index in [1.165, 1.54) is 18.1 Å². The van der Waals surface area contributed by atoms with E-state index in [4.69, 9.17) is 9.47 Å². The third kappa shape index (κ3) is 6.17. The first-order valence-corrected chi connectivity index (χ1v) is 13.4. The first-order chi connectivity index (χ1) is 19.1. The molecule has 1 N–H and O–H groups in total. The number of esters is 1. The zero-order chi connectivity index (χ0) is 29.0. The summed E-state index contributed by atoms with van der Waals surface area (Å²) >= 11 is 0. The van der Waals surface area contributed by atoms with E-state index < -0.39 is 18.0 Å². The van der Waals surface area contributed by atoms with Gasteiger partial charge in [-0.2, -0.15) is 0 Å². The van der Waals surface area contributed by atoms with Gasteiger partial charge in [-0.3, -0.25) is 9.59 Å². The van der Waals surface area contributed by atoms with Crippen molar-refractivity contribution < 1.29 is 23.9 Å². The summed E-state index contributed by atoms with van der Waals surface area (Å²) in [5.41, 5.74) is 5.67. The number of aromatic nitrogens is 1. The van der Waals surface area contributed by atoms with Crippen LogP contribution < -0.4 is 14.8 Å². The molecule has 0 aliphatic carbocycles. The summed E-state index contributed by atoms with van der Waals surface area (Å²) in [4.78, 5) is 39.5. The van der Waals surface area contributed by atoms with E-state index in [0.717, 1.165) is 16.5 Å². The molecule has 0 aliphatic heterocycles. The van der Waals surface area contributed by atoms with Crippen LogP contribution >= 0.6 is 0 Å². The lowest BCUT2D eigenvalue weighted by molar-refractivity contribution is -0.131. The highest BCUT2D eigenvalue weighted by molar-refractivity contribution is 6.11. The molecule has 0 atom stereocenters. The molecule has 4 aromatic rings. The van der Waals surface area contributed by atoms with Gasteiger partial charge in [0.05, 0.1) is 11.2 Å². The molecule has 4 rings (SSSR count). The Kier molecular flexibility index (Phi) is 8.58. The van der Waals surface area contributed by atoms with E-state index in [2.05, 4.69) is 41.9 Å². The number of hydrogen-bond donors (Lipinski definition) is 1. The van der Waals surface area contributed by atoms with Crippen LogP contribution in [-0.4, -0.2) is 40.5 Å². The van der Waals surface area contributed by atoms with Gasteiger partial charge in [-0.1, -0.05) is 35.4 Å². The Hall–Kier alpha value is -4.59. The van der Waals surface area contributed by atoms with Crippen molar-refractivity contribution in [2.75, 3.05) is 18.4 Å². The van der Waals surface area contributed by atoms with E-state index in [0.29, 0.717) is 42.2 Å². The Bertz CT molecular complexity index is 1560. The van der Waals surface area contributed by atoms with Crippen LogP contribution in [0.3, 0.4) is 0 Å². The van der Waals surface area contributed by atoms with Crippen LogP contribution in [-0.2, 0) is 11.3 Å². The average molecular weight is 542 g/mol. The van der Waals surface area contributed by atoms with Gasteiger partial charge in [0.2, 0.25) is 0 Å². The van der Waals surface area contributed by atoms with Crippen LogP contribution in [0.4, 0.5) is 10.5 Å². The highest BCUT2D eigenvalue weighted by Crippen LogP contribution is 2.36. The maximum atomic E-state index is 13.6. The van der Waals surface area contributed by atoms with E-state index in [-0.39, 0.29) is 5.75 Å². The van der Waals surface area contributed by atoms with Crippen LogP contribution in [0.25, 0.3) is 10.9 Å². The molecule has 0 aliphatic rings. The second-order valence-corrected chi connectivity index (χ2v) is 9.83. The van der Waals surface area contributed by atoms with Crippen LogP contribution in [0.1, 0.15) is 53.4 Å². The van der Waals surface area contributed by atoms with Crippen molar-refractivity contribution in [3.63, 3.8) is 0 Å². The average Bonchev–Trinajstić information content (AvgIpc) is 3.29. The maximum Gasteiger partial charge on any atom is 0.415 e. The number of nitrogens with one attached hydrogen (secondary N) is 1. The third-order valence-corrected chi connectivity index (χ3v) is 6.79. The minimum atomic E-state index is -0.498. The van der Waals surface area contributed by atoms with Crippen LogP contribution in [0.5, 0.6) is 11.5 Å². The number of carbonyl (C=O) groups is 3. The maximum absolute atomic E-state index is 13.6. The fourth-order valence-corrected chi connectivity index (χ4v) is 4.91. The summed E-state index contributed by atoms with van der Waals surface area (Å²) in [7, 11) is 0. The van der Waals surface area contributed by atoms with Gasteiger partial charge < -0.3 is 24.3 Å². The summed E-state index contributed by atoms with van der Waals surface area (Å²) in [6, 6.07) is 16.9. The number of nitrogens with zero attached hydrogens (tertiary/aromatic N) is 2. The lowest BCUT2D eigenvalue weighted by Gasteiger charge is -2.20. The van der Waals surface area contributed by atoms with Crippen molar-refractivity contribution in [3.8, 4) is 11.5 Å². The predicted molar refractivity (Wildman–Crippen MR) is 156 cm³/mol. The number of anilines is 1. The lowest BCUT2D eigenvalue weighted by Crippen LogP contribution is -2.33. The summed E-state index contributed by atoms with van der Waals surface area (Å²) in [6.07, 6.45) is 1.46. The van der Waals surface area contributed by atoms with Crippen molar-refractivity contribution in [1.29, 1.82) is 0 Å². The zero-order valence-corrected chi connectivity index (χ0v) is 23.8. The number of benzene rings is 3. The Morgan fingerprint density at radius 1 is 0.875 bits per heavy atom. The molecule has 1 heterocycles. The van der Waals surface area contributed by atoms with Crippen molar-refractivity contribution in [2.45, 2.75) is 48.1 Å². The van der Waals surface area contributed by atoms with Crippen LogP contribution in [0.15, 0.2) is 60.8 Å². The Morgan fingerprint density at radius 3 is 2.23 bits per heavy atom. The Labute approximate surface area is 234 Å². The zero-order valence-electron chi connectivity index (χ0n) is 23.8. The summed E-state index contributed by atoms with van der Waals surface area (Å²) in [5, 5.41) is 3.71. The topological polar surface area (TPSA) is 89.9 Å². The molecular weight excluding hydrogens is 506 g/mol. The standard InChI is InChI=1S/C32H35N3O5/c1-7-34(8-2)32(38)40-29-13-12-27-26(14-15-35(27)19-24-17-20(3)16-21(4)18-24)30(29)33-31(37)25-10-9-11-28(22(25)5)39-23(6)36/h9-18H,7-8,19H2,1-6H3,(H,33,37). The second-order valence-electron chi connectivity index (χ2n) is 9.83. The van der Waals surface area contributed by atoms with E-state index in [1.807, 2.05) is 32.2 Å². The molecule has 0 fully saturated rings. The molecule has 1 aromatic heterocycles. The molecule has 8 heteroatoms. The predicted octanol–water partition coefficient (Wildman–Crippen LogP) is 6.63. The highest BCUT2D eigenvalue weighted by atomic mass is 16.6. The van der Waals surface area contributed by atoms with Gasteiger partial charge in [-0.05, 0) is 70.5 Å². The molecule has 0 unspecified atom stereocenters. The summed E-state index contributed by atoms with van der Waals surface area (Å²) < 4.78 is 13.2. The molecule has 40 heavy (non-hydrogen) atoms. The fourth-order valence-electron chi connectivity index (χ4n) is 4.91. The minimum absolute atomic E-state index is 0.246. The number of fused-ring (bicyclic) bond motifs is 1. The molecule has 0 radical (unpaired) electrons. The van der Waals surface area contributed by atoms with Gasteiger partial charge in [0.25, 0.3) is 5.91 Å². The third-order valence-electron chi connectivity index (χ3n) is 6.79.